The second kappa shape index (κ2) is 8.15. The molecule has 2 aromatic carbocycles. The zero-order valence-corrected chi connectivity index (χ0v) is 14.2. The van der Waals surface area contributed by atoms with E-state index in [1.54, 1.807) is 24.3 Å². The molecule has 0 aromatic heterocycles. The molecule has 0 fully saturated rings. The van der Waals surface area contributed by atoms with E-state index in [1.165, 1.54) is 0 Å². The second-order valence-electron chi connectivity index (χ2n) is 5.52. The maximum atomic E-state index is 12.3. The molecule has 2 aromatic rings. The van der Waals surface area contributed by atoms with Crippen molar-refractivity contribution < 1.29 is 14.3 Å². The summed E-state index contributed by atoms with van der Waals surface area (Å²) in [6, 6.07) is 12.5. The average molecular weight is 326 g/mol. The van der Waals surface area contributed by atoms with Gasteiger partial charge in [-0.3, -0.25) is 9.59 Å². The number of anilines is 1. The van der Waals surface area contributed by atoms with Gasteiger partial charge < -0.3 is 15.4 Å². The van der Waals surface area contributed by atoms with Crippen molar-refractivity contribution in [2.75, 3.05) is 18.5 Å². The molecule has 0 spiro atoms. The van der Waals surface area contributed by atoms with Crippen molar-refractivity contribution in [2.45, 2.75) is 20.8 Å². The highest BCUT2D eigenvalue weighted by molar-refractivity contribution is 6.04. The fourth-order valence-corrected chi connectivity index (χ4v) is 2.12. The minimum atomic E-state index is -0.162. The average Bonchev–Trinajstić information content (AvgIpc) is 2.57. The van der Waals surface area contributed by atoms with E-state index in [4.69, 9.17) is 4.74 Å². The first-order valence-electron chi connectivity index (χ1n) is 7.87. The molecule has 0 aliphatic rings. The molecule has 2 N–H and O–H groups in total. The number of ether oxygens (including phenoxy) is 1. The van der Waals surface area contributed by atoms with Crippen LogP contribution in [-0.2, 0) is 4.79 Å². The number of carbonyl (C=O) groups is 2. The molecule has 2 rings (SSSR count). The lowest BCUT2D eigenvalue weighted by molar-refractivity contribution is -0.122. The number of carbonyl (C=O) groups excluding carboxylic acids is 2. The largest absolute Gasteiger partial charge is 0.484 e. The van der Waals surface area contributed by atoms with Crippen LogP contribution in [0.1, 0.15) is 28.4 Å². The number of hydrogen-bond acceptors (Lipinski definition) is 3. The van der Waals surface area contributed by atoms with E-state index in [1.807, 2.05) is 39.0 Å². The van der Waals surface area contributed by atoms with Gasteiger partial charge in [-0.05, 0) is 68.3 Å². The first-order chi connectivity index (χ1) is 11.5. The van der Waals surface area contributed by atoms with Crippen molar-refractivity contribution in [2.24, 2.45) is 0 Å². The van der Waals surface area contributed by atoms with Gasteiger partial charge in [-0.25, -0.2) is 0 Å². The summed E-state index contributed by atoms with van der Waals surface area (Å²) in [6.07, 6.45) is 0. The molecule has 0 aliphatic carbocycles. The predicted octanol–water partition coefficient (Wildman–Crippen LogP) is 3.07. The Morgan fingerprint density at radius 2 is 1.71 bits per heavy atom. The summed E-state index contributed by atoms with van der Waals surface area (Å²) >= 11 is 0. The van der Waals surface area contributed by atoms with E-state index in [9.17, 15) is 9.59 Å². The van der Waals surface area contributed by atoms with Crippen molar-refractivity contribution in [3.63, 3.8) is 0 Å². The molecule has 2 amide bonds. The summed E-state index contributed by atoms with van der Waals surface area (Å²) in [5.74, 6) is 0.254. The number of benzene rings is 2. The normalized spacial score (nSPS) is 10.1. The number of amides is 2. The quantitative estimate of drug-likeness (QED) is 0.857. The SMILES string of the molecule is CCNC(=O)COc1ccc(NC(=O)c2ccc(C)c(C)c2)cc1. The minimum absolute atomic E-state index is 0.0256. The zero-order valence-electron chi connectivity index (χ0n) is 14.2. The third-order valence-corrected chi connectivity index (χ3v) is 3.63. The molecule has 0 aliphatic heterocycles. The Labute approximate surface area is 142 Å². The highest BCUT2D eigenvalue weighted by atomic mass is 16.5. The summed E-state index contributed by atoms with van der Waals surface area (Å²) < 4.78 is 5.37. The predicted molar refractivity (Wildman–Crippen MR) is 94.5 cm³/mol. The van der Waals surface area contributed by atoms with Gasteiger partial charge in [0.2, 0.25) is 0 Å². The monoisotopic (exact) mass is 326 g/mol. The van der Waals surface area contributed by atoms with E-state index in [0.717, 1.165) is 11.1 Å². The Morgan fingerprint density at radius 1 is 1.00 bits per heavy atom. The molecular formula is C19H22N2O3. The molecule has 0 saturated heterocycles. The van der Waals surface area contributed by atoms with Crippen LogP contribution in [0.15, 0.2) is 42.5 Å². The lowest BCUT2D eigenvalue weighted by Gasteiger charge is -2.09. The maximum Gasteiger partial charge on any atom is 0.257 e. The topological polar surface area (TPSA) is 67.4 Å². The van der Waals surface area contributed by atoms with Gasteiger partial charge in [0.1, 0.15) is 5.75 Å². The van der Waals surface area contributed by atoms with Crippen molar-refractivity contribution in [1.82, 2.24) is 5.32 Å². The summed E-state index contributed by atoms with van der Waals surface area (Å²) in [5.41, 5.74) is 3.52. The van der Waals surface area contributed by atoms with Crippen LogP contribution in [0.25, 0.3) is 0 Å². The molecule has 0 radical (unpaired) electrons. The Balaban J connectivity index is 1.94. The Morgan fingerprint density at radius 3 is 2.33 bits per heavy atom. The van der Waals surface area contributed by atoms with Crippen molar-refractivity contribution in [1.29, 1.82) is 0 Å². The summed E-state index contributed by atoms with van der Waals surface area (Å²) in [6.45, 7) is 6.39. The van der Waals surface area contributed by atoms with Crippen molar-refractivity contribution >= 4 is 17.5 Å². The fraction of sp³-hybridized carbons (Fsp3) is 0.263. The molecule has 24 heavy (non-hydrogen) atoms. The lowest BCUT2D eigenvalue weighted by atomic mass is 10.1. The Kier molecular flexibility index (Phi) is 5.95. The molecule has 0 saturated carbocycles. The Bertz CT molecular complexity index is 724. The molecule has 126 valence electrons. The molecule has 0 unspecified atom stereocenters. The van der Waals surface area contributed by atoms with E-state index in [2.05, 4.69) is 10.6 Å². The third-order valence-electron chi connectivity index (χ3n) is 3.63. The number of hydrogen-bond donors (Lipinski definition) is 2. The zero-order chi connectivity index (χ0) is 17.5. The molecule has 0 bridgehead atoms. The van der Waals surface area contributed by atoms with Gasteiger partial charge in [0.25, 0.3) is 11.8 Å². The molecule has 0 atom stereocenters. The van der Waals surface area contributed by atoms with Gasteiger partial charge in [0.15, 0.2) is 6.61 Å². The smallest absolute Gasteiger partial charge is 0.257 e. The summed E-state index contributed by atoms with van der Waals surface area (Å²) in [4.78, 5) is 23.6. The fourth-order valence-electron chi connectivity index (χ4n) is 2.12. The third kappa shape index (κ3) is 4.84. The van der Waals surface area contributed by atoms with Crippen molar-refractivity contribution in [3.8, 4) is 5.75 Å². The van der Waals surface area contributed by atoms with E-state index in [-0.39, 0.29) is 18.4 Å². The van der Waals surface area contributed by atoms with Crippen LogP contribution in [0.5, 0.6) is 5.75 Å². The second-order valence-corrected chi connectivity index (χ2v) is 5.52. The van der Waals surface area contributed by atoms with Crippen LogP contribution in [0.3, 0.4) is 0 Å². The first kappa shape index (κ1) is 17.5. The molecule has 0 heterocycles. The molecule has 5 nitrogen and oxygen atoms in total. The number of rotatable bonds is 6. The highest BCUT2D eigenvalue weighted by Gasteiger charge is 2.07. The first-order valence-corrected chi connectivity index (χ1v) is 7.87. The van der Waals surface area contributed by atoms with Crippen LogP contribution < -0.4 is 15.4 Å². The number of aryl methyl sites for hydroxylation is 2. The summed E-state index contributed by atoms with van der Waals surface area (Å²) in [5, 5.41) is 5.50. The lowest BCUT2D eigenvalue weighted by Crippen LogP contribution is -2.28. The van der Waals surface area contributed by atoms with Crippen LogP contribution in [0.4, 0.5) is 5.69 Å². The van der Waals surface area contributed by atoms with Gasteiger partial charge in [-0.2, -0.15) is 0 Å². The Hall–Kier alpha value is -2.82. The van der Waals surface area contributed by atoms with Crippen LogP contribution >= 0.6 is 0 Å². The highest BCUT2D eigenvalue weighted by Crippen LogP contribution is 2.17. The van der Waals surface area contributed by atoms with Crippen LogP contribution in [0, 0.1) is 13.8 Å². The van der Waals surface area contributed by atoms with Gasteiger partial charge in [0.05, 0.1) is 0 Å². The van der Waals surface area contributed by atoms with Gasteiger partial charge in [-0.15, -0.1) is 0 Å². The van der Waals surface area contributed by atoms with Crippen LogP contribution in [-0.4, -0.2) is 25.0 Å². The van der Waals surface area contributed by atoms with Crippen LogP contribution in [0.2, 0.25) is 0 Å². The molecular weight excluding hydrogens is 304 g/mol. The minimum Gasteiger partial charge on any atom is -0.484 e. The van der Waals surface area contributed by atoms with Gasteiger partial charge in [0, 0.05) is 17.8 Å². The van der Waals surface area contributed by atoms with E-state index >= 15 is 0 Å². The van der Waals surface area contributed by atoms with E-state index < -0.39 is 0 Å². The van der Waals surface area contributed by atoms with E-state index in [0.29, 0.717) is 23.5 Å². The van der Waals surface area contributed by atoms with Gasteiger partial charge >= 0.3 is 0 Å². The molecule has 5 heteroatoms. The number of nitrogens with one attached hydrogen (secondary N) is 2. The summed E-state index contributed by atoms with van der Waals surface area (Å²) in [7, 11) is 0. The number of likely N-dealkylation sites (N-methyl/N-ethyl adjacent to an activating group) is 1. The maximum absolute atomic E-state index is 12.3. The van der Waals surface area contributed by atoms with Crippen molar-refractivity contribution in [3.05, 3.63) is 59.2 Å². The standard InChI is InChI=1S/C19H22N2O3/c1-4-20-18(22)12-24-17-9-7-16(8-10-17)21-19(23)15-6-5-13(2)14(3)11-15/h5-11H,4,12H2,1-3H3,(H,20,22)(H,21,23). The van der Waals surface area contributed by atoms with Gasteiger partial charge in [-0.1, -0.05) is 6.07 Å².